The van der Waals surface area contributed by atoms with Gasteiger partial charge < -0.3 is 9.94 Å². The molecule has 0 amide bonds. The second-order valence-corrected chi connectivity index (χ2v) is 2.23. The molecule has 13 heavy (non-hydrogen) atoms. The first-order chi connectivity index (χ1) is 6.20. The molecular formula is C8H7F2NO2. The third-order valence-corrected chi connectivity index (χ3v) is 1.49. The zero-order valence-electron chi connectivity index (χ0n) is 6.79. The number of halogens is 2. The minimum atomic E-state index is -1.10. The van der Waals surface area contributed by atoms with E-state index in [9.17, 15) is 8.78 Å². The molecule has 1 aromatic rings. The Morgan fingerprint density at radius 3 is 2.62 bits per heavy atom. The molecule has 3 nitrogen and oxygen atoms in total. The fourth-order valence-electron chi connectivity index (χ4n) is 0.866. The monoisotopic (exact) mass is 187 g/mol. The fourth-order valence-corrected chi connectivity index (χ4v) is 0.866. The van der Waals surface area contributed by atoms with E-state index in [4.69, 9.17) is 5.21 Å². The summed E-state index contributed by atoms with van der Waals surface area (Å²) in [5.41, 5.74) is -0.138. The van der Waals surface area contributed by atoms with Crippen LogP contribution in [0.1, 0.15) is 5.56 Å². The predicted octanol–water partition coefficient (Wildman–Crippen LogP) is 1.78. The van der Waals surface area contributed by atoms with Crippen LogP contribution in [-0.4, -0.2) is 18.5 Å². The van der Waals surface area contributed by atoms with Crippen molar-refractivity contribution in [1.82, 2.24) is 0 Å². The van der Waals surface area contributed by atoms with Gasteiger partial charge in [0, 0.05) is 5.56 Å². The maximum atomic E-state index is 13.0. The van der Waals surface area contributed by atoms with Crippen LogP contribution in [0.25, 0.3) is 0 Å². The van der Waals surface area contributed by atoms with Crippen LogP contribution >= 0.6 is 0 Å². The lowest BCUT2D eigenvalue weighted by molar-refractivity contribution is 0.321. The molecule has 0 radical (unpaired) electrons. The molecule has 0 saturated heterocycles. The van der Waals surface area contributed by atoms with Crippen molar-refractivity contribution in [2.45, 2.75) is 0 Å². The van der Waals surface area contributed by atoms with Crippen molar-refractivity contribution >= 4 is 6.21 Å². The van der Waals surface area contributed by atoms with Gasteiger partial charge in [-0.25, -0.2) is 4.39 Å². The Hall–Kier alpha value is -1.65. The minimum Gasteiger partial charge on any atom is -0.494 e. The van der Waals surface area contributed by atoms with Gasteiger partial charge in [0.05, 0.1) is 13.3 Å². The Bertz CT molecular complexity index is 339. The highest BCUT2D eigenvalue weighted by Crippen LogP contribution is 2.21. The second-order valence-electron chi connectivity index (χ2n) is 2.23. The van der Waals surface area contributed by atoms with Crippen LogP contribution in [0, 0.1) is 11.6 Å². The van der Waals surface area contributed by atoms with Gasteiger partial charge in [0.1, 0.15) is 0 Å². The van der Waals surface area contributed by atoms with E-state index < -0.39 is 11.6 Å². The first-order valence-corrected chi connectivity index (χ1v) is 3.40. The summed E-state index contributed by atoms with van der Waals surface area (Å²) < 4.78 is 30.5. The molecule has 0 aliphatic carbocycles. The van der Waals surface area contributed by atoms with E-state index >= 15 is 0 Å². The fraction of sp³-hybridized carbons (Fsp3) is 0.125. The Labute approximate surface area is 73.2 Å². The van der Waals surface area contributed by atoms with Crippen LogP contribution in [0.3, 0.4) is 0 Å². The van der Waals surface area contributed by atoms with E-state index in [0.29, 0.717) is 0 Å². The first kappa shape index (κ1) is 9.44. The minimum absolute atomic E-state index is 0.138. The van der Waals surface area contributed by atoms with Crippen LogP contribution in [0.2, 0.25) is 0 Å². The van der Waals surface area contributed by atoms with Crippen molar-refractivity contribution in [3.8, 4) is 5.75 Å². The Kier molecular flexibility index (Phi) is 2.79. The number of ether oxygens (including phenoxy) is 1. The van der Waals surface area contributed by atoms with Crippen molar-refractivity contribution in [2.75, 3.05) is 7.11 Å². The highest BCUT2D eigenvalue weighted by Gasteiger charge is 2.12. The smallest absolute Gasteiger partial charge is 0.201 e. The van der Waals surface area contributed by atoms with E-state index in [1.165, 1.54) is 19.2 Å². The van der Waals surface area contributed by atoms with Gasteiger partial charge in [-0.15, -0.1) is 0 Å². The average molecular weight is 187 g/mol. The molecule has 0 heterocycles. The summed E-state index contributed by atoms with van der Waals surface area (Å²) in [6, 6.07) is 2.49. The number of benzene rings is 1. The Morgan fingerprint density at radius 2 is 2.08 bits per heavy atom. The van der Waals surface area contributed by atoms with Gasteiger partial charge >= 0.3 is 0 Å². The molecule has 0 atom stereocenters. The van der Waals surface area contributed by atoms with E-state index in [-0.39, 0.29) is 11.3 Å². The molecule has 70 valence electrons. The topological polar surface area (TPSA) is 41.8 Å². The molecule has 1 N–H and O–H groups in total. The van der Waals surface area contributed by atoms with Crippen LogP contribution < -0.4 is 4.74 Å². The number of methoxy groups -OCH3 is 1. The molecule has 0 fully saturated rings. The predicted molar refractivity (Wildman–Crippen MR) is 42.3 cm³/mol. The summed E-state index contributed by atoms with van der Waals surface area (Å²) in [5, 5.41) is 10.7. The maximum Gasteiger partial charge on any atom is 0.201 e. The number of rotatable bonds is 2. The summed E-state index contributed by atoms with van der Waals surface area (Å²) in [6.07, 6.45) is 0.803. The molecular weight excluding hydrogens is 180 g/mol. The maximum absolute atomic E-state index is 13.0. The molecule has 0 aromatic heterocycles. The molecule has 5 heteroatoms. The Balaban J connectivity index is 3.22. The zero-order valence-corrected chi connectivity index (χ0v) is 6.79. The molecule has 0 unspecified atom stereocenters. The first-order valence-electron chi connectivity index (χ1n) is 3.40. The van der Waals surface area contributed by atoms with Crippen molar-refractivity contribution < 1.29 is 18.7 Å². The number of hydrogen-bond acceptors (Lipinski definition) is 3. The Morgan fingerprint density at radius 1 is 1.38 bits per heavy atom. The van der Waals surface area contributed by atoms with Crippen LogP contribution in [0.5, 0.6) is 5.75 Å². The van der Waals surface area contributed by atoms with Gasteiger partial charge in [-0.05, 0) is 12.1 Å². The number of hydrogen-bond donors (Lipinski definition) is 1. The molecule has 0 spiro atoms. The van der Waals surface area contributed by atoms with Gasteiger partial charge in [-0.3, -0.25) is 0 Å². The van der Waals surface area contributed by atoms with Crippen molar-refractivity contribution in [1.29, 1.82) is 0 Å². The lowest BCUT2D eigenvalue weighted by atomic mass is 10.2. The summed E-state index contributed by atoms with van der Waals surface area (Å²) in [4.78, 5) is 0. The van der Waals surface area contributed by atoms with Gasteiger partial charge in [0.2, 0.25) is 5.82 Å². The molecule has 0 saturated carbocycles. The van der Waals surface area contributed by atoms with E-state index in [1.54, 1.807) is 0 Å². The second kappa shape index (κ2) is 3.84. The van der Waals surface area contributed by atoms with Crippen molar-refractivity contribution in [3.63, 3.8) is 0 Å². The van der Waals surface area contributed by atoms with E-state index in [2.05, 4.69) is 9.89 Å². The normalized spacial score (nSPS) is 10.7. The standard InChI is InChI=1S/C8H7F2NO2/c1-13-6-3-2-5(4-11-12)7(9)8(6)10/h2-4,12H,1H3/b11-4+. The average Bonchev–Trinajstić information content (AvgIpc) is 2.14. The molecule has 0 bridgehead atoms. The SMILES string of the molecule is COc1ccc(/C=N/O)c(F)c1F. The molecule has 1 aromatic carbocycles. The number of nitrogens with zero attached hydrogens (tertiary/aromatic N) is 1. The van der Waals surface area contributed by atoms with Crippen molar-refractivity contribution in [3.05, 3.63) is 29.3 Å². The van der Waals surface area contributed by atoms with Gasteiger partial charge in [-0.1, -0.05) is 5.16 Å². The van der Waals surface area contributed by atoms with E-state index in [1.807, 2.05) is 0 Å². The van der Waals surface area contributed by atoms with E-state index in [0.717, 1.165) is 6.21 Å². The largest absolute Gasteiger partial charge is 0.494 e. The summed E-state index contributed by atoms with van der Waals surface area (Å²) in [7, 11) is 1.23. The lowest BCUT2D eigenvalue weighted by Gasteiger charge is -2.03. The third-order valence-electron chi connectivity index (χ3n) is 1.49. The van der Waals surface area contributed by atoms with Crippen LogP contribution in [0.15, 0.2) is 17.3 Å². The van der Waals surface area contributed by atoms with Gasteiger partial charge in [0.25, 0.3) is 0 Å². The van der Waals surface area contributed by atoms with Crippen LogP contribution in [0.4, 0.5) is 8.78 Å². The van der Waals surface area contributed by atoms with Gasteiger partial charge in [0.15, 0.2) is 11.6 Å². The van der Waals surface area contributed by atoms with Gasteiger partial charge in [-0.2, -0.15) is 4.39 Å². The zero-order chi connectivity index (χ0) is 9.84. The molecule has 1 rings (SSSR count). The quantitative estimate of drug-likeness (QED) is 0.435. The number of oxime groups is 1. The summed E-state index contributed by atoms with van der Waals surface area (Å²) >= 11 is 0. The lowest BCUT2D eigenvalue weighted by Crippen LogP contribution is -1.96. The summed E-state index contributed by atoms with van der Waals surface area (Å²) in [6.45, 7) is 0. The molecule has 0 aliphatic heterocycles. The van der Waals surface area contributed by atoms with Crippen molar-refractivity contribution in [2.24, 2.45) is 5.16 Å². The summed E-state index contributed by atoms with van der Waals surface area (Å²) in [5.74, 6) is -2.38. The highest BCUT2D eigenvalue weighted by molar-refractivity contribution is 5.79. The highest BCUT2D eigenvalue weighted by atomic mass is 19.2. The third kappa shape index (κ3) is 1.74. The molecule has 0 aliphatic rings. The van der Waals surface area contributed by atoms with Crippen LogP contribution in [-0.2, 0) is 0 Å².